The van der Waals surface area contributed by atoms with Gasteiger partial charge in [-0.1, -0.05) is 12.1 Å². The molecular weight excluding hydrogens is 452 g/mol. The summed E-state index contributed by atoms with van der Waals surface area (Å²) >= 11 is 3.19. The van der Waals surface area contributed by atoms with Crippen molar-refractivity contribution in [2.75, 3.05) is 17.3 Å². The molecule has 30 heavy (non-hydrogen) atoms. The molecule has 1 aliphatic rings. The predicted molar refractivity (Wildman–Crippen MR) is 115 cm³/mol. The summed E-state index contributed by atoms with van der Waals surface area (Å²) in [5.41, 5.74) is 1.35. The molecule has 154 valence electrons. The lowest BCUT2D eigenvalue weighted by molar-refractivity contribution is -0.0431. The number of para-hydroxylation sites is 1. The number of hydrogen-bond acceptors (Lipinski definition) is 5. The third-order valence-electron chi connectivity index (χ3n) is 4.51. The van der Waals surface area contributed by atoms with Crippen molar-refractivity contribution in [2.24, 2.45) is 0 Å². The van der Waals surface area contributed by atoms with Crippen LogP contribution in [0.4, 0.5) is 11.4 Å². The minimum atomic E-state index is -0.749. The van der Waals surface area contributed by atoms with E-state index in [9.17, 15) is 9.59 Å². The standard InChI is InChI=1S/C22H19BrN2O5/c1-22(2)29-16-9-8-13(12-18(16)30-22)24-20(26)14-6-4-5-7-15(14)25(3)21(27)17-10-11-19(23)28-17/h4-12H,1-3H3,(H,24,26). The zero-order chi connectivity index (χ0) is 21.5. The number of benzene rings is 2. The van der Waals surface area contributed by atoms with Gasteiger partial charge in [0.05, 0.1) is 11.3 Å². The highest BCUT2D eigenvalue weighted by molar-refractivity contribution is 9.10. The molecule has 1 N–H and O–H groups in total. The molecule has 0 spiro atoms. The maximum Gasteiger partial charge on any atom is 0.293 e. The molecule has 0 radical (unpaired) electrons. The lowest BCUT2D eigenvalue weighted by atomic mass is 10.1. The lowest BCUT2D eigenvalue weighted by Crippen LogP contribution is -2.29. The number of hydrogen-bond donors (Lipinski definition) is 1. The first-order valence-electron chi connectivity index (χ1n) is 9.19. The van der Waals surface area contributed by atoms with E-state index in [2.05, 4.69) is 21.2 Å². The SMILES string of the molecule is CN(C(=O)c1ccc(Br)o1)c1ccccc1C(=O)Nc1ccc2c(c1)OC(C)(C)O2. The van der Waals surface area contributed by atoms with Crippen LogP contribution in [0.25, 0.3) is 0 Å². The Kier molecular flexibility index (Phi) is 5.03. The summed E-state index contributed by atoms with van der Waals surface area (Å²) in [6.45, 7) is 3.62. The van der Waals surface area contributed by atoms with Gasteiger partial charge in [0.1, 0.15) is 0 Å². The van der Waals surface area contributed by atoms with Crippen LogP contribution in [0.15, 0.2) is 63.7 Å². The molecule has 2 heterocycles. The highest BCUT2D eigenvalue weighted by atomic mass is 79.9. The number of nitrogens with one attached hydrogen (secondary N) is 1. The van der Waals surface area contributed by atoms with Gasteiger partial charge in [-0.05, 0) is 52.3 Å². The first-order valence-corrected chi connectivity index (χ1v) is 9.99. The molecule has 2 amide bonds. The second kappa shape index (κ2) is 7.53. The molecule has 0 aliphatic carbocycles. The molecule has 7 nitrogen and oxygen atoms in total. The van der Waals surface area contributed by atoms with Gasteiger partial charge < -0.3 is 24.1 Å². The number of nitrogens with zero attached hydrogens (tertiary/aromatic N) is 1. The Morgan fingerprint density at radius 3 is 2.47 bits per heavy atom. The fourth-order valence-corrected chi connectivity index (χ4v) is 3.47. The van der Waals surface area contributed by atoms with Crippen LogP contribution in [0.5, 0.6) is 11.5 Å². The largest absolute Gasteiger partial charge is 0.449 e. The third kappa shape index (κ3) is 3.91. The number of halogens is 1. The van der Waals surface area contributed by atoms with E-state index in [1.807, 2.05) is 13.8 Å². The maximum absolute atomic E-state index is 13.0. The fourth-order valence-electron chi connectivity index (χ4n) is 3.16. The zero-order valence-corrected chi connectivity index (χ0v) is 18.1. The molecule has 1 aliphatic heterocycles. The van der Waals surface area contributed by atoms with Crippen LogP contribution >= 0.6 is 15.9 Å². The molecule has 1 aromatic heterocycles. The van der Waals surface area contributed by atoms with E-state index in [1.54, 1.807) is 61.6 Å². The van der Waals surface area contributed by atoms with Crippen molar-refractivity contribution in [1.82, 2.24) is 0 Å². The molecule has 0 bridgehead atoms. The van der Waals surface area contributed by atoms with E-state index < -0.39 is 5.79 Å². The average molecular weight is 471 g/mol. The highest BCUT2D eigenvalue weighted by Gasteiger charge is 2.32. The van der Waals surface area contributed by atoms with Crippen molar-refractivity contribution < 1.29 is 23.5 Å². The number of ether oxygens (including phenoxy) is 2. The number of amides is 2. The fraction of sp³-hybridized carbons (Fsp3) is 0.182. The van der Waals surface area contributed by atoms with Crippen molar-refractivity contribution in [2.45, 2.75) is 19.6 Å². The van der Waals surface area contributed by atoms with E-state index in [0.29, 0.717) is 33.1 Å². The van der Waals surface area contributed by atoms with Gasteiger partial charge in [0.25, 0.3) is 11.8 Å². The Labute approximate surface area is 181 Å². The minimum Gasteiger partial charge on any atom is -0.449 e. The average Bonchev–Trinajstić information content (AvgIpc) is 3.27. The summed E-state index contributed by atoms with van der Waals surface area (Å²) < 4.78 is 17.2. The van der Waals surface area contributed by atoms with Gasteiger partial charge in [-0.15, -0.1) is 0 Å². The quantitative estimate of drug-likeness (QED) is 0.574. The summed E-state index contributed by atoms with van der Waals surface area (Å²) in [5.74, 6) is -0.134. The molecule has 0 saturated carbocycles. The van der Waals surface area contributed by atoms with Crippen molar-refractivity contribution in [1.29, 1.82) is 0 Å². The van der Waals surface area contributed by atoms with Crippen LogP contribution in [-0.2, 0) is 0 Å². The monoisotopic (exact) mass is 470 g/mol. The summed E-state index contributed by atoms with van der Waals surface area (Å²) in [7, 11) is 1.59. The lowest BCUT2D eigenvalue weighted by Gasteiger charge is -2.19. The number of fused-ring (bicyclic) bond motifs is 1. The Bertz CT molecular complexity index is 1140. The molecule has 8 heteroatoms. The van der Waals surface area contributed by atoms with Crippen LogP contribution in [0.2, 0.25) is 0 Å². The van der Waals surface area contributed by atoms with Gasteiger partial charge in [-0.25, -0.2) is 0 Å². The van der Waals surface area contributed by atoms with Crippen LogP contribution in [0.3, 0.4) is 0 Å². The Hall–Kier alpha value is -3.26. The van der Waals surface area contributed by atoms with Gasteiger partial charge in [-0.2, -0.15) is 0 Å². The molecular formula is C22H19BrN2O5. The van der Waals surface area contributed by atoms with Crippen LogP contribution in [-0.4, -0.2) is 24.6 Å². The van der Waals surface area contributed by atoms with Gasteiger partial charge >= 0.3 is 0 Å². The van der Waals surface area contributed by atoms with E-state index in [-0.39, 0.29) is 17.6 Å². The topological polar surface area (TPSA) is 81.0 Å². The maximum atomic E-state index is 13.0. The summed E-state index contributed by atoms with van der Waals surface area (Å²) in [5, 5.41) is 2.85. The second-order valence-electron chi connectivity index (χ2n) is 7.20. The second-order valence-corrected chi connectivity index (χ2v) is 7.99. The molecule has 4 rings (SSSR count). The van der Waals surface area contributed by atoms with Crippen molar-refractivity contribution >= 4 is 39.1 Å². The molecule has 0 saturated heterocycles. The first kappa shape index (κ1) is 20.0. The van der Waals surface area contributed by atoms with Gasteiger partial charge in [0.2, 0.25) is 5.79 Å². The summed E-state index contributed by atoms with van der Waals surface area (Å²) in [6, 6.07) is 15.3. The number of anilines is 2. The molecule has 0 atom stereocenters. The normalized spacial score (nSPS) is 13.7. The zero-order valence-electron chi connectivity index (χ0n) is 16.6. The summed E-state index contributed by atoms with van der Waals surface area (Å²) in [6.07, 6.45) is 0. The number of furan rings is 1. The molecule has 0 unspecified atom stereocenters. The molecule has 0 fully saturated rings. The van der Waals surface area contributed by atoms with Crippen molar-refractivity contribution in [3.63, 3.8) is 0 Å². The van der Waals surface area contributed by atoms with Gasteiger partial charge in [-0.3, -0.25) is 9.59 Å². The number of rotatable bonds is 4. The molecule has 2 aromatic carbocycles. The van der Waals surface area contributed by atoms with Gasteiger partial charge in [0, 0.05) is 32.6 Å². The number of carbonyl (C=O) groups excluding carboxylic acids is 2. The van der Waals surface area contributed by atoms with E-state index >= 15 is 0 Å². The van der Waals surface area contributed by atoms with Crippen molar-refractivity contribution in [3.05, 3.63) is 70.6 Å². The Morgan fingerprint density at radius 2 is 1.73 bits per heavy atom. The van der Waals surface area contributed by atoms with E-state index in [0.717, 1.165) is 0 Å². The van der Waals surface area contributed by atoms with Crippen LogP contribution in [0, 0.1) is 0 Å². The predicted octanol–water partition coefficient (Wildman–Crippen LogP) is 5.08. The Balaban J connectivity index is 1.57. The minimum absolute atomic E-state index is 0.165. The van der Waals surface area contributed by atoms with Crippen LogP contribution < -0.4 is 19.7 Å². The summed E-state index contributed by atoms with van der Waals surface area (Å²) in [4.78, 5) is 27.1. The van der Waals surface area contributed by atoms with Crippen LogP contribution in [0.1, 0.15) is 34.8 Å². The Morgan fingerprint density at radius 1 is 1.00 bits per heavy atom. The smallest absolute Gasteiger partial charge is 0.293 e. The van der Waals surface area contributed by atoms with E-state index in [1.165, 1.54) is 4.90 Å². The van der Waals surface area contributed by atoms with Crippen molar-refractivity contribution in [3.8, 4) is 11.5 Å². The van der Waals surface area contributed by atoms with Gasteiger partial charge in [0.15, 0.2) is 21.9 Å². The molecule has 3 aromatic rings. The highest BCUT2D eigenvalue weighted by Crippen LogP contribution is 2.40. The third-order valence-corrected chi connectivity index (χ3v) is 4.94. The number of carbonyl (C=O) groups is 2. The van der Waals surface area contributed by atoms with E-state index in [4.69, 9.17) is 13.9 Å². The first-order chi connectivity index (χ1) is 14.2.